The number of sulfonamides is 1. The van der Waals surface area contributed by atoms with Gasteiger partial charge in [-0.3, -0.25) is 4.72 Å². The van der Waals surface area contributed by atoms with Gasteiger partial charge in [0, 0.05) is 12.1 Å². The molecule has 1 rings (SSSR count). The molecule has 6 nitrogen and oxygen atoms in total. The fourth-order valence-corrected chi connectivity index (χ4v) is 3.03. The van der Waals surface area contributed by atoms with Crippen LogP contribution in [0.15, 0.2) is 18.2 Å². The normalized spacial score (nSPS) is 12.8. The molecule has 20 heavy (non-hydrogen) atoms. The molecule has 0 aromatic heterocycles. The van der Waals surface area contributed by atoms with Crippen molar-refractivity contribution in [3.05, 3.63) is 28.8 Å². The highest BCUT2D eigenvalue weighted by Crippen LogP contribution is 2.21. The van der Waals surface area contributed by atoms with E-state index in [1.807, 2.05) is 0 Å². The maximum atomic E-state index is 11.9. The topological polar surface area (TPSA) is 81.7 Å². The van der Waals surface area contributed by atoms with Gasteiger partial charge in [-0.2, -0.15) is 0 Å². The van der Waals surface area contributed by atoms with E-state index in [9.17, 15) is 13.2 Å². The van der Waals surface area contributed by atoms with Crippen molar-refractivity contribution in [1.29, 1.82) is 0 Å². The minimum atomic E-state index is -3.60. The lowest BCUT2D eigenvalue weighted by molar-refractivity contribution is 0.0600. The molecule has 112 valence electrons. The number of nitrogens with one attached hydrogen (secondary N) is 1. The molecule has 1 N–H and O–H groups in total. The van der Waals surface area contributed by atoms with Gasteiger partial charge in [-0.15, -0.1) is 0 Å². The van der Waals surface area contributed by atoms with Gasteiger partial charge >= 0.3 is 5.97 Å². The summed E-state index contributed by atoms with van der Waals surface area (Å²) in [4.78, 5) is 11.4. The van der Waals surface area contributed by atoms with Gasteiger partial charge in [-0.25, -0.2) is 13.2 Å². The first-order valence-electron chi connectivity index (χ1n) is 5.69. The second-order valence-corrected chi connectivity index (χ2v) is 6.35. The number of carbonyl (C=O) groups excluding carboxylic acids is 1. The van der Waals surface area contributed by atoms with E-state index in [1.54, 1.807) is 6.92 Å². The van der Waals surface area contributed by atoms with Crippen molar-refractivity contribution in [2.45, 2.75) is 13.0 Å². The zero-order valence-electron chi connectivity index (χ0n) is 11.3. The molecule has 0 aliphatic heterocycles. The predicted molar refractivity (Wildman–Crippen MR) is 76.7 cm³/mol. The van der Waals surface area contributed by atoms with E-state index < -0.39 is 22.1 Å². The van der Waals surface area contributed by atoms with Gasteiger partial charge in [0.05, 0.1) is 30.2 Å². The van der Waals surface area contributed by atoms with Gasteiger partial charge in [0.25, 0.3) is 0 Å². The Labute approximate surface area is 123 Å². The van der Waals surface area contributed by atoms with Crippen molar-refractivity contribution >= 4 is 33.3 Å². The third kappa shape index (κ3) is 4.99. The number of benzene rings is 1. The molecule has 0 unspecified atom stereocenters. The van der Waals surface area contributed by atoms with Gasteiger partial charge in [-0.05, 0) is 25.1 Å². The van der Waals surface area contributed by atoms with Crippen LogP contribution in [0.1, 0.15) is 17.3 Å². The molecule has 1 aromatic carbocycles. The van der Waals surface area contributed by atoms with E-state index in [0.717, 1.165) is 0 Å². The Morgan fingerprint density at radius 3 is 2.55 bits per heavy atom. The lowest BCUT2D eigenvalue weighted by Gasteiger charge is -2.13. The maximum Gasteiger partial charge on any atom is 0.337 e. The van der Waals surface area contributed by atoms with Crippen LogP contribution < -0.4 is 4.72 Å². The number of ether oxygens (including phenoxy) is 2. The number of anilines is 1. The average molecular weight is 322 g/mol. The number of hydrogen-bond donors (Lipinski definition) is 1. The molecule has 0 bridgehead atoms. The SMILES string of the molecule is COC(=O)c1cc(Cl)cc(NS(=O)(=O)C[C@@H](C)OC)c1. The molecule has 0 fully saturated rings. The Kier molecular flexibility index (Phi) is 5.79. The molecule has 0 saturated carbocycles. The van der Waals surface area contributed by atoms with Gasteiger partial charge in [0.15, 0.2) is 0 Å². The number of hydrogen-bond acceptors (Lipinski definition) is 5. The number of rotatable bonds is 6. The fraction of sp³-hybridized carbons (Fsp3) is 0.417. The third-order valence-corrected chi connectivity index (χ3v) is 4.12. The van der Waals surface area contributed by atoms with Crippen LogP contribution in [-0.2, 0) is 19.5 Å². The van der Waals surface area contributed by atoms with Crippen LogP contribution in [0.3, 0.4) is 0 Å². The number of esters is 1. The van der Waals surface area contributed by atoms with Gasteiger partial charge < -0.3 is 9.47 Å². The summed E-state index contributed by atoms with van der Waals surface area (Å²) in [7, 11) is -0.943. The van der Waals surface area contributed by atoms with Crippen LogP contribution in [-0.4, -0.2) is 40.5 Å². The van der Waals surface area contributed by atoms with Crippen LogP contribution in [0.4, 0.5) is 5.69 Å². The van der Waals surface area contributed by atoms with Gasteiger partial charge in [-0.1, -0.05) is 11.6 Å². The molecule has 0 saturated heterocycles. The molecule has 8 heteroatoms. The quantitative estimate of drug-likeness (QED) is 0.809. The van der Waals surface area contributed by atoms with Gasteiger partial charge in [0.2, 0.25) is 10.0 Å². The summed E-state index contributed by atoms with van der Waals surface area (Å²) >= 11 is 5.85. The standard InChI is InChI=1S/C12H16ClNO5S/c1-8(18-2)7-20(16,17)14-11-5-9(12(15)19-3)4-10(13)6-11/h4-6,8,14H,7H2,1-3H3/t8-/m1/s1. The molecule has 1 aromatic rings. The lowest BCUT2D eigenvalue weighted by Crippen LogP contribution is -2.25. The number of carbonyl (C=O) groups is 1. The summed E-state index contributed by atoms with van der Waals surface area (Å²) < 4.78 is 35.6. The smallest absolute Gasteiger partial charge is 0.337 e. The number of methoxy groups -OCH3 is 2. The molecule has 0 aliphatic rings. The summed E-state index contributed by atoms with van der Waals surface area (Å²) in [5.41, 5.74) is 0.360. The largest absolute Gasteiger partial charge is 0.465 e. The van der Waals surface area contributed by atoms with Crippen molar-refractivity contribution in [2.24, 2.45) is 0 Å². The second-order valence-electron chi connectivity index (χ2n) is 4.15. The van der Waals surface area contributed by atoms with E-state index in [2.05, 4.69) is 9.46 Å². The minimum Gasteiger partial charge on any atom is -0.465 e. The fourth-order valence-electron chi connectivity index (χ4n) is 1.48. The van der Waals surface area contributed by atoms with Crippen molar-refractivity contribution in [1.82, 2.24) is 0 Å². The molecular formula is C12H16ClNO5S. The highest BCUT2D eigenvalue weighted by Gasteiger charge is 2.17. The molecular weight excluding hydrogens is 306 g/mol. The summed E-state index contributed by atoms with van der Waals surface area (Å²) in [6.07, 6.45) is -0.452. The first kappa shape index (κ1) is 16.7. The van der Waals surface area contributed by atoms with Crippen molar-refractivity contribution in [2.75, 3.05) is 24.7 Å². The first-order chi connectivity index (χ1) is 9.27. The Balaban J connectivity index is 2.98. The second kappa shape index (κ2) is 6.92. The molecule has 0 aliphatic carbocycles. The predicted octanol–water partition coefficient (Wildman–Crippen LogP) is 1.90. The Bertz CT molecular complexity index is 588. The Hall–Kier alpha value is -1.31. The van der Waals surface area contributed by atoms with Crippen molar-refractivity contribution < 1.29 is 22.7 Å². The highest BCUT2D eigenvalue weighted by atomic mass is 35.5. The van der Waals surface area contributed by atoms with E-state index in [1.165, 1.54) is 32.4 Å². The van der Waals surface area contributed by atoms with Crippen molar-refractivity contribution in [3.63, 3.8) is 0 Å². The average Bonchev–Trinajstić information content (AvgIpc) is 2.35. The maximum absolute atomic E-state index is 11.9. The monoisotopic (exact) mass is 321 g/mol. The third-order valence-electron chi connectivity index (χ3n) is 2.45. The van der Waals surface area contributed by atoms with Crippen LogP contribution in [0.5, 0.6) is 0 Å². The molecule has 1 atom stereocenters. The zero-order chi connectivity index (χ0) is 15.3. The lowest BCUT2D eigenvalue weighted by atomic mass is 10.2. The van der Waals surface area contributed by atoms with E-state index >= 15 is 0 Å². The van der Waals surface area contributed by atoms with E-state index in [0.29, 0.717) is 0 Å². The Morgan fingerprint density at radius 2 is 2.00 bits per heavy atom. The van der Waals surface area contributed by atoms with Crippen LogP contribution in [0, 0.1) is 0 Å². The molecule has 0 radical (unpaired) electrons. The summed E-state index contributed by atoms with van der Waals surface area (Å²) in [5.74, 6) is -0.804. The summed E-state index contributed by atoms with van der Waals surface area (Å²) in [6, 6.07) is 4.15. The van der Waals surface area contributed by atoms with Gasteiger partial charge in [0.1, 0.15) is 0 Å². The van der Waals surface area contributed by atoms with E-state index in [-0.39, 0.29) is 22.0 Å². The Morgan fingerprint density at radius 1 is 1.35 bits per heavy atom. The molecule has 0 spiro atoms. The van der Waals surface area contributed by atoms with Crippen molar-refractivity contribution in [3.8, 4) is 0 Å². The highest BCUT2D eigenvalue weighted by molar-refractivity contribution is 7.92. The molecule has 0 heterocycles. The minimum absolute atomic E-state index is 0.164. The number of halogens is 1. The van der Waals surface area contributed by atoms with Crippen LogP contribution >= 0.6 is 11.6 Å². The zero-order valence-corrected chi connectivity index (χ0v) is 12.9. The summed E-state index contributed by atoms with van der Waals surface area (Å²) in [5, 5.41) is 0.227. The van der Waals surface area contributed by atoms with Crippen LogP contribution in [0.25, 0.3) is 0 Å². The van der Waals surface area contributed by atoms with E-state index in [4.69, 9.17) is 16.3 Å². The molecule has 0 amide bonds. The summed E-state index contributed by atoms with van der Waals surface area (Å²) in [6.45, 7) is 1.64. The van der Waals surface area contributed by atoms with Crippen LogP contribution in [0.2, 0.25) is 5.02 Å². The first-order valence-corrected chi connectivity index (χ1v) is 7.72.